The van der Waals surface area contributed by atoms with E-state index in [2.05, 4.69) is 25.5 Å². The van der Waals surface area contributed by atoms with E-state index in [1.165, 1.54) is 49.8 Å². The Morgan fingerprint density at radius 3 is 2.34 bits per heavy atom. The predicted octanol–water partition coefficient (Wildman–Crippen LogP) is 5.41. The average molecular weight is 648 g/mol. The van der Waals surface area contributed by atoms with Crippen LogP contribution in [0.4, 0.5) is 20.2 Å². The Morgan fingerprint density at radius 2 is 1.66 bits per heavy atom. The van der Waals surface area contributed by atoms with Gasteiger partial charge in [0.25, 0.3) is 0 Å². The molecule has 1 aliphatic heterocycles. The number of morpholine rings is 1. The second-order valence-corrected chi connectivity index (χ2v) is 11.6. The van der Waals surface area contributed by atoms with Crippen LogP contribution in [0.1, 0.15) is 19.8 Å². The highest BCUT2D eigenvalue weighted by Crippen LogP contribution is 2.53. The molecule has 2 fully saturated rings. The molecular weight excluding hydrogens is 612 g/mol. The van der Waals surface area contributed by atoms with Crippen molar-refractivity contribution in [2.75, 3.05) is 57.2 Å². The maximum atomic E-state index is 15.3. The molecule has 13 heteroatoms. The average Bonchev–Trinajstić information content (AvgIpc) is 3.77. The van der Waals surface area contributed by atoms with Crippen LogP contribution >= 0.6 is 0 Å². The summed E-state index contributed by atoms with van der Waals surface area (Å²) in [6, 6.07) is 12.6. The molecule has 1 aromatic heterocycles. The van der Waals surface area contributed by atoms with Crippen molar-refractivity contribution in [1.82, 2.24) is 14.9 Å². The molecule has 3 aromatic carbocycles. The van der Waals surface area contributed by atoms with Crippen LogP contribution in [-0.2, 0) is 14.3 Å². The van der Waals surface area contributed by atoms with Gasteiger partial charge in [-0.25, -0.2) is 18.7 Å². The van der Waals surface area contributed by atoms with Crippen LogP contribution in [0.15, 0.2) is 60.9 Å². The lowest BCUT2D eigenvalue weighted by atomic mass is 10.0. The number of fused-ring (bicyclic) bond motifs is 1. The first kappa shape index (κ1) is 32.1. The monoisotopic (exact) mass is 647 g/mol. The van der Waals surface area contributed by atoms with Gasteiger partial charge in [0.1, 0.15) is 17.6 Å². The van der Waals surface area contributed by atoms with Crippen molar-refractivity contribution >= 4 is 34.1 Å². The number of ether oxygens (including phenoxy) is 4. The third-order valence-electron chi connectivity index (χ3n) is 8.48. The van der Waals surface area contributed by atoms with Crippen molar-refractivity contribution in [3.8, 4) is 23.1 Å². The highest BCUT2D eigenvalue weighted by molar-refractivity contribution is 6.17. The standard InChI is InChI=1S/C34H35F2N5O6/c1-21-19-34(21,32(42)39-23-6-4-22(35)5-7-23)33(43)40-24-8-9-28(26(36)16-24)47-31-25-17-29(44-2)30(18-27(25)37-20-38-31)46-13-3-10-41-11-14-45-15-12-41/h4-9,16-18,20-21H,3,10-15,19H2,1-2H3,(H,39,42)(H,40,43)/t21-,34-/m1/s1. The molecule has 0 radical (unpaired) electrons. The van der Waals surface area contributed by atoms with E-state index in [-0.39, 0.29) is 23.2 Å². The van der Waals surface area contributed by atoms with E-state index in [0.29, 0.717) is 41.1 Å². The molecule has 6 rings (SSSR count). The Morgan fingerprint density at radius 1 is 0.957 bits per heavy atom. The summed E-state index contributed by atoms with van der Waals surface area (Å²) in [7, 11) is 1.53. The molecule has 2 aliphatic rings. The SMILES string of the molecule is COc1cc2c(Oc3ccc(NC(=O)[C@]4(C(=O)Nc5ccc(F)cc5)C[C@H]4C)cc3F)ncnc2cc1OCCCN1CCOCC1. The van der Waals surface area contributed by atoms with Crippen molar-refractivity contribution in [3.05, 3.63) is 72.6 Å². The van der Waals surface area contributed by atoms with Gasteiger partial charge in [0.05, 0.1) is 37.8 Å². The van der Waals surface area contributed by atoms with Gasteiger partial charge in [-0.3, -0.25) is 14.5 Å². The minimum atomic E-state index is -1.33. The van der Waals surface area contributed by atoms with Crippen LogP contribution in [0.2, 0.25) is 0 Å². The third kappa shape index (κ3) is 7.10. The van der Waals surface area contributed by atoms with Gasteiger partial charge in [-0.1, -0.05) is 6.92 Å². The molecule has 0 bridgehead atoms. The van der Waals surface area contributed by atoms with E-state index < -0.39 is 28.9 Å². The topological polar surface area (TPSA) is 124 Å². The summed E-state index contributed by atoms with van der Waals surface area (Å²) in [5.74, 6) is -1.56. The maximum absolute atomic E-state index is 15.3. The second kappa shape index (κ2) is 13.9. The first-order chi connectivity index (χ1) is 22.8. The van der Waals surface area contributed by atoms with Gasteiger partial charge in [0, 0.05) is 43.1 Å². The molecule has 2 amide bonds. The molecule has 0 unspecified atom stereocenters. The lowest BCUT2D eigenvalue weighted by molar-refractivity contribution is -0.131. The largest absolute Gasteiger partial charge is 0.493 e. The highest BCUT2D eigenvalue weighted by Gasteiger charge is 2.63. The molecule has 0 spiro atoms. The Balaban J connectivity index is 1.11. The molecule has 47 heavy (non-hydrogen) atoms. The number of nitrogens with one attached hydrogen (secondary N) is 2. The van der Waals surface area contributed by atoms with Gasteiger partial charge in [-0.15, -0.1) is 0 Å². The number of hydrogen-bond acceptors (Lipinski definition) is 9. The minimum absolute atomic E-state index is 0.103. The number of anilines is 2. The zero-order valence-corrected chi connectivity index (χ0v) is 26.1. The number of aromatic nitrogens is 2. The number of rotatable bonds is 12. The van der Waals surface area contributed by atoms with Crippen molar-refractivity contribution in [2.24, 2.45) is 11.3 Å². The number of benzene rings is 3. The lowest BCUT2D eigenvalue weighted by Gasteiger charge is -2.26. The number of hydrogen-bond donors (Lipinski definition) is 2. The van der Waals surface area contributed by atoms with E-state index >= 15 is 4.39 Å². The summed E-state index contributed by atoms with van der Waals surface area (Å²) in [4.78, 5) is 37.2. The smallest absolute Gasteiger partial charge is 0.240 e. The van der Waals surface area contributed by atoms with E-state index in [1.54, 1.807) is 19.1 Å². The van der Waals surface area contributed by atoms with Crippen molar-refractivity contribution < 1.29 is 37.3 Å². The molecule has 2 heterocycles. The Kier molecular flexibility index (Phi) is 9.45. The fraction of sp³-hybridized carbons (Fsp3) is 0.353. The molecule has 2 atom stereocenters. The molecule has 1 saturated heterocycles. The fourth-order valence-electron chi connectivity index (χ4n) is 5.63. The zero-order valence-electron chi connectivity index (χ0n) is 26.1. The summed E-state index contributed by atoms with van der Waals surface area (Å²) in [6.07, 6.45) is 2.46. The molecule has 2 N–H and O–H groups in total. The van der Waals surface area contributed by atoms with E-state index in [9.17, 15) is 14.0 Å². The Bertz CT molecular complexity index is 1770. The van der Waals surface area contributed by atoms with E-state index in [1.807, 2.05) is 0 Å². The van der Waals surface area contributed by atoms with Crippen LogP contribution in [0.3, 0.4) is 0 Å². The number of methoxy groups -OCH3 is 1. The molecule has 1 aliphatic carbocycles. The summed E-state index contributed by atoms with van der Waals surface area (Å²) in [5.41, 5.74) is -0.290. The summed E-state index contributed by atoms with van der Waals surface area (Å²) < 4.78 is 51.4. The lowest BCUT2D eigenvalue weighted by Crippen LogP contribution is -2.37. The normalized spacial score (nSPS) is 19.2. The first-order valence-electron chi connectivity index (χ1n) is 15.4. The fourth-order valence-corrected chi connectivity index (χ4v) is 5.63. The second-order valence-electron chi connectivity index (χ2n) is 11.6. The number of amides is 2. The van der Waals surface area contributed by atoms with Crippen molar-refractivity contribution in [3.63, 3.8) is 0 Å². The van der Waals surface area contributed by atoms with Gasteiger partial charge in [0.15, 0.2) is 23.1 Å². The maximum Gasteiger partial charge on any atom is 0.240 e. The number of nitrogens with zero attached hydrogens (tertiary/aromatic N) is 3. The Labute approximate surface area is 270 Å². The summed E-state index contributed by atoms with van der Waals surface area (Å²) >= 11 is 0. The number of carbonyl (C=O) groups is 2. The van der Waals surface area contributed by atoms with Crippen LogP contribution in [0, 0.1) is 23.0 Å². The quantitative estimate of drug-likeness (QED) is 0.153. The summed E-state index contributed by atoms with van der Waals surface area (Å²) in [5, 5.41) is 5.81. The van der Waals surface area contributed by atoms with Crippen molar-refractivity contribution in [2.45, 2.75) is 19.8 Å². The zero-order chi connectivity index (χ0) is 33.0. The van der Waals surface area contributed by atoms with Gasteiger partial charge < -0.3 is 29.6 Å². The molecule has 11 nitrogen and oxygen atoms in total. The first-order valence-corrected chi connectivity index (χ1v) is 15.4. The Hall–Kier alpha value is -4.88. The molecule has 1 saturated carbocycles. The van der Waals surface area contributed by atoms with Gasteiger partial charge in [0.2, 0.25) is 17.7 Å². The van der Waals surface area contributed by atoms with Crippen LogP contribution < -0.4 is 24.8 Å². The van der Waals surface area contributed by atoms with Gasteiger partial charge in [-0.05, 0) is 61.2 Å². The van der Waals surface area contributed by atoms with Gasteiger partial charge in [-0.2, -0.15) is 0 Å². The third-order valence-corrected chi connectivity index (χ3v) is 8.48. The van der Waals surface area contributed by atoms with Crippen molar-refractivity contribution in [1.29, 1.82) is 0 Å². The van der Waals surface area contributed by atoms with Gasteiger partial charge >= 0.3 is 0 Å². The minimum Gasteiger partial charge on any atom is -0.493 e. The van der Waals surface area contributed by atoms with Crippen LogP contribution in [0.25, 0.3) is 10.9 Å². The molecule has 246 valence electrons. The molecule has 4 aromatic rings. The highest BCUT2D eigenvalue weighted by atomic mass is 19.1. The number of halogens is 2. The molecular formula is C34H35F2N5O6. The van der Waals surface area contributed by atoms with Crippen LogP contribution in [0.5, 0.6) is 23.1 Å². The van der Waals surface area contributed by atoms with E-state index in [4.69, 9.17) is 18.9 Å². The summed E-state index contributed by atoms with van der Waals surface area (Å²) in [6.45, 7) is 6.49. The number of carbonyl (C=O) groups excluding carboxylic acids is 2. The van der Waals surface area contributed by atoms with E-state index in [0.717, 1.165) is 45.3 Å². The predicted molar refractivity (Wildman–Crippen MR) is 170 cm³/mol. The van der Waals surface area contributed by atoms with Crippen LogP contribution in [-0.4, -0.2) is 73.2 Å².